The van der Waals surface area contributed by atoms with E-state index in [4.69, 9.17) is 10.00 Å². The molecule has 0 saturated carbocycles. The summed E-state index contributed by atoms with van der Waals surface area (Å²) in [6.45, 7) is 6.99. The van der Waals surface area contributed by atoms with Crippen molar-refractivity contribution in [2.75, 3.05) is 62.3 Å². The van der Waals surface area contributed by atoms with Gasteiger partial charge in [-0.1, -0.05) is 24.3 Å². The molecule has 7 heteroatoms. The van der Waals surface area contributed by atoms with Gasteiger partial charge >= 0.3 is 0 Å². The number of carbonyl (C=O) groups excluding carboxylic acids is 1. The maximum atomic E-state index is 12.7. The molecule has 7 nitrogen and oxygen atoms in total. The minimum atomic E-state index is -0.217. The first-order valence-electron chi connectivity index (χ1n) is 13.4. The molecule has 3 fully saturated rings. The molecule has 3 saturated heterocycles. The van der Waals surface area contributed by atoms with Crippen molar-refractivity contribution in [1.29, 1.82) is 5.26 Å². The van der Waals surface area contributed by atoms with Gasteiger partial charge in [0.1, 0.15) is 12.6 Å². The summed E-state index contributed by atoms with van der Waals surface area (Å²) in [6, 6.07) is 19.9. The molecule has 5 rings (SSSR count). The summed E-state index contributed by atoms with van der Waals surface area (Å²) in [4.78, 5) is 20.0. The Morgan fingerprint density at radius 2 is 1.69 bits per heavy atom. The first kappa shape index (κ1) is 24.6. The minimum absolute atomic E-state index is 0.0524. The van der Waals surface area contributed by atoms with Crippen LogP contribution in [0, 0.1) is 11.3 Å². The molecule has 0 radical (unpaired) electrons. The van der Waals surface area contributed by atoms with E-state index in [1.54, 1.807) is 0 Å². The largest absolute Gasteiger partial charge is 0.379 e. The number of hydrogen-bond acceptors (Lipinski definition) is 6. The first-order chi connectivity index (χ1) is 17.7. The molecule has 3 aliphatic rings. The molecule has 3 heterocycles. The Bertz CT molecular complexity index is 1050. The van der Waals surface area contributed by atoms with Crippen molar-refractivity contribution in [2.45, 2.75) is 44.2 Å². The van der Waals surface area contributed by atoms with Gasteiger partial charge in [-0.05, 0) is 67.5 Å². The number of benzene rings is 2. The van der Waals surface area contributed by atoms with Crippen molar-refractivity contribution in [3.8, 4) is 17.2 Å². The Morgan fingerprint density at radius 1 is 0.917 bits per heavy atom. The van der Waals surface area contributed by atoms with E-state index in [1.165, 1.54) is 24.1 Å². The van der Waals surface area contributed by atoms with Gasteiger partial charge in [-0.3, -0.25) is 9.69 Å². The van der Waals surface area contributed by atoms with Gasteiger partial charge in [0.05, 0.1) is 19.3 Å². The Morgan fingerprint density at radius 3 is 2.44 bits per heavy atom. The highest BCUT2D eigenvalue weighted by Crippen LogP contribution is 2.31. The van der Waals surface area contributed by atoms with E-state index >= 15 is 0 Å². The van der Waals surface area contributed by atoms with Crippen LogP contribution in [0.5, 0.6) is 0 Å². The van der Waals surface area contributed by atoms with Crippen molar-refractivity contribution in [2.24, 2.45) is 0 Å². The normalized spacial score (nSPS) is 21.7. The summed E-state index contributed by atoms with van der Waals surface area (Å²) in [6.07, 6.45) is 5.35. The molecule has 3 aliphatic heterocycles. The molecule has 1 unspecified atom stereocenters. The maximum Gasteiger partial charge on any atom is 0.243 e. The maximum absolute atomic E-state index is 12.7. The molecule has 2 aromatic carbocycles. The monoisotopic (exact) mass is 487 g/mol. The number of piperidine rings is 2. The minimum Gasteiger partial charge on any atom is -0.379 e. The van der Waals surface area contributed by atoms with Crippen LogP contribution in [-0.2, 0) is 9.53 Å². The fraction of sp³-hybridized carbons (Fsp3) is 0.517. The lowest BCUT2D eigenvalue weighted by Gasteiger charge is -2.40. The molecule has 0 bridgehead atoms. The molecule has 36 heavy (non-hydrogen) atoms. The zero-order valence-electron chi connectivity index (χ0n) is 21.1. The van der Waals surface area contributed by atoms with E-state index in [0.29, 0.717) is 6.04 Å². The number of nitrogens with zero attached hydrogens (tertiary/aromatic N) is 4. The van der Waals surface area contributed by atoms with Gasteiger partial charge in [0.2, 0.25) is 5.91 Å². The SMILES string of the molecule is N#CCNC(=O)C1CCCCN1c1cccc(-c2ccc(N3CCC(N4CCOCC4)CC3)cc2)c1. The number of nitrogens with one attached hydrogen (secondary N) is 1. The molecule has 2 aromatic rings. The predicted octanol–water partition coefficient (Wildman–Crippen LogP) is 3.65. The fourth-order valence-electron chi connectivity index (χ4n) is 5.92. The van der Waals surface area contributed by atoms with Crippen molar-refractivity contribution in [1.82, 2.24) is 10.2 Å². The number of morpholine rings is 1. The lowest BCUT2D eigenvalue weighted by molar-refractivity contribution is -0.122. The first-order valence-corrected chi connectivity index (χ1v) is 13.4. The highest BCUT2D eigenvalue weighted by Gasteiger charge is 2.29. The molecular formula is C29H37N5O2. The van der Waals surface area contributed by atoms with E-state index in [9.17, 15) is 4.79 Å². The second kappa shape index (κ2) is 11.8. The summed E-state index contributed by atoms with van der Waals surface area (Å²) in [5, 5.41) is 11.6. The number of amides is 1. The smallest absolute Gasteiger partial charge is 0.243 e. The third-order valence-corrected chi connectivity index (χ3v) is 7.92. The van der Waals surface area contributed by atoms with Gasteiger partial charge in [-0.2, -0.15) is 5.26 Å². The number of ether oxygens (including phenoxy) is 1. The van der Waals surface area contributed by atoms with Crippen LogP contribution in [0.4, 0.5) is 11.4 Å². The van der Waals surface area contributed by atoms with Crippen LogP contribution < -0.4 is 15.1 Å². The van der Waals surface area contributed by atoms with Crippen molar-refractivity contribution in [3.63, 3.8) is 0 Å². The number of anilines is 2. The molecule has 1 N–H and O–H groups in total. The molecule has 190 valence electrons. The van der Waals surface area contributed by atoms with E-state index < -0.39 is 0 Å². The van der Waals surface area contributed by atoms with Crippen molar-refractivity contribution >= 4 is 17.3 Å². The standard InChI is InChI=1S/C29H37N5O2/c30-13-14-31-29(35)28-6-1-2-15-34(28)27-5-3-4-24(22-27)23-7-9-25(10-8-23)32-16-11-26(12-17-32)33-18-20-36-21-19-33/h3-5,7-10,22,26,28H,1-2,6,11-12,14-21H2,(H,31,35). The Balaban J connectivity index is 1.24. The average Bonchev–Trinajstić information content (AvgIpc) is 2.96. The van der Waals surface area contributed by atoms with Crippen LogP contribution in [0.3, 0.4) is 0 Å². The topological polar surface area (TPSA) is 71.8 Å². The van der Waals surface area contributed by atoms with Gasteiger partial charge < -0.3 is 19.9 Å². The number of carbonyl (C=O) groups is 1. The van der Waals surface area contributed by atoms with E-state index in [0.717, 1.165) is 76.5 Å². The fourth-order valence-corrected chi connectivity index (χ4v) is 5.92. The Labute approximate surface area is 214 Å². The second-order valence-electron chi connectivity index (χ2n) is 10.0. The summed E-state index contributed by atoms with van der Waals surface area (Å²) in [5.74, 6) is -0.0524. The molecule has 0 aliphatic carbocycles. The van der Waals surface area contributed by atoms with Gasteiger partial charge in [0.15, 0.2) is 0 Å². The number of hydrogen-bond donors (Lipinski definition) is 1. The molecule has 0 spiro atoms. The Hall–Kier alpha value is -3.08. The average molecular weight is 488 g/mol. The van der Waals surface area contributed by atoms with Crippen molar-refractivity contribution in [3.05, 3.63) is 48.5 Å². The molecular weight excluding hydrogens is 450 g/mol. The zero-order chi connectivity index (χ0) is 24.7. The summed E-state index contributed by atoms with van der Waals surface area (Å²) >= 11 is 0. The lowest BCUT2D eigenvalue weighted by atomic mass is 9.98. The van der Waals surface area contributed by atoms with Gasteiger partial charge in [0, 0.05) is 50.1 Å². The van der Waals surface area contributed by atoms with Crippen LogP contribution >= 0.6 is 0 Å². The van der Waals surface area contributed by atoms with Gasteiger partial charge in [-0.15, -0.1) is 0 Å². The van der Waals surface area contributed by atoms with Crippen LogP contribution in [0.1, 0.15) is 32.1 Å². The van der Waals surface area contributed by atoms with E-state index in [1.807, 2.05) is 6.07 Å². The van der Waals surface area contributed by atoms with Gasteiger partial charge in [0.25, 0.3) is 0 Å². The molecule has 1 atom stereocenters. The third kappa shape index (κ3) is 5.66. The predicted molar refractivity (Wildman–Crippen MR) is 143 cm³/mol. The van der Waals surface area contributed by atoms with E-state index in [2.05, 4.69) is 68.5 Å². The quantitative estimate of drug-likeness (QED) is 0.627. The summed E-state index contributed by atoms with van der Waals surface area (Å²) < 4.78 is 5.52. The lowest BCUT2D eigenvalue weighted by Crippen LogP contribution is -2.49. The van der Waals surface area contributed by atoms with Crippen LogP contribution in [0.2, 0.25) is 0 Å². The highest BCUT2D eigenvalue weighted by molar-refractivity contribution is 5.86. The summed E-state index contributed by atoms with van der Waals surface area (Å²) in [5.41, 5.74) is 4.71. The molecule has 0 aromatic heterocycles. The Kier molecular flexibility index (Phi) is 8.04. The second-order valence-corrected chi connectivity index (χ2v) is 10.0. The number of rotatable bonds is 6. The molecule has 1 amide bonds. The van der Waals surface area contributed by atoms with Crippen LogP contribution in [-0.4, -0.2) is 75.4 Å². The number of nitriles is 1. The third-order valence-electron chi connectivity index (χ3n) is 7.92. The van der Waals surface area contributed by atoms with Crippen molar-refractivity contribution < 1.29 is 9.53 Å². The van der Waals surface area contributed by atoms with Crippen LogP contribution in [0.15, 0.2) is 48.5 Å². The van der Waals surface area contributed by atoms with Gasteiger partial charge in [-0.25, -0.2) is 0 Å². The zero-order valence-corrected chi connectivity index (χ0v) is 21.1. The van der Waals surface area contributed by atoms with E-state index in [-0.39, 0.29) is 18.5 Å². The highest BCUT2D eigenvalue weighted by atomic mass is 16.5. The summed E-state index contributed by atoms with van der Waals surface area (Å²) in [7, 11) is 0. The van der Waals surface area contributed by atoms with Crippen LogP contribution in [0.25, 0.3) is 11.1 Å².